The van der Waals surface area contributed by atoms with Crippen LogP contribution in [0.3, 0.4) is 0 Å². The fourth-order valence-corrected chi connectivity index (χ4v) is 1.73. The van der Waals surface area contributed by atoms with Crippen LogP contribution in [0.25, 0.3) is 11.1 Å². The van der Waals surface area contributed by atoms with Crippen molar-refractivity contribution in [1.82, 2.24) is 4.98 Å². The summed E-state index contributed by atoms with van der Waals surface area (Å²) in [7, 11) is 0. The molecule has 2 aromatic heterocycles. The molecule has 1 nitrogen and oxygen atoms in total. The molecule has 0 amide bonds. The van der Waals surface area contributed by atoms with Crippen molar-refractivity contribution in [3.63, 3.8) is 0 Å². The number of aromatic nitrogens is 1. The van der Waals surface area contributed by atoms with Gasteiger partial charge in [0.05, 0.1) is 0 Å². The molecule has 0 aromatic carbocycles. The Morgan fingerprint density at radius 3 is 2.67 bits per heavy atom. The van der Waals surface area contributed by atoms with Gasteiger partial charge in [0.2, 0.25) is 0 Å². The fraction of sp³-hybridized carbons (Fsp3) is 0.100. The Morgan fingerprint density at radius 1 is 1.17 bits per heavy atom. The summed E-state index contributed by atoms with van der Waals surface area (Å²) in [6.07, 6.45) is 1.91. The van der Waals surface area contributed by atoms with E-state index in [1.54, 1.807) is 11.3 Å². The van der Waals surface area contributed by atoms with Crippen LogP contribution < -0.4 is 0 Å². The highest BCUT2D eigenvalue weighted by Crippen LogP contribution is 2.20. The third-order valence-electron chi connectivity index (χ3n) is 1.77. The van der Waals surface area contributed by atoms with E-state index in [0.29, 0.717) is 0 Å². The summed E-state index contributed by atoms with van der Waals surface area (Å²) < 4.78 is 0. The first kappa shape index (κ1) is 7.50. The molecule has 2 aromatic rings. The number of thiophene rings is 1. The molecule has 0 aliphatic rings. The molecule has 0 N–H and O–H groups in total. The molecular formula is C10H9NS. The lowest BCUT2D eigenvalue weighted by atomic mass is 10.1. The Bertz CT molecular complexity index is 348. The van der Waals surface area contributed by atoms with E-state index in [-0.39, 0.29) is 0 Å². The second-order valence-corrected chi connectivity index (χ2v) is 3.48. The molecule has 0 bridgehead atoms. The zero-order valence-corrected chi connectivity index (χ0v) is 7.64. The maximum atomic E-state index is 4.24. The van der Waals surface area contributed by atoms with Gasteiger partial charge < -0.3 is 0 Å². The Morgan fingerprint density at radius 2 is 2.08 bits per heavy atom. The molecule has 0 spiro atoms. The number of hydrogen-bond donors (Lipinski definition) is 0. The van der Waals surface area contributed by atoms with Crippen LogP contribution in [0, 0.1) is 6.92 Å². The van der Waals surface area contributed by atoms with Gasteiger partial charge in [-0.3, -0.25) is 4.98 Å². The molecular weight excluding hydrogens is 166 g/mol. The summed E-state index contributed by atoms with van der Waals surface area (Å²) >= 11 is 1.71. The maximum absolute atomic E-state index is 4.24. The van der Waals surface area contributed by atoms with Gasteiger partial charge in [-0.1, -0.05) is 6.07 Å². The lowest BCUT2D eigenvalue weighted by Crippen LogP contribution is -1.80. The number of hydrogen-bond acceptors (Lipinski definition) is 2. The SMILES string of the molecule is Cc1ccc(-c2ccsc2)cn1. The summed E-state index contributed by atoms with van der Waals surface area (Å²) in [6.45, 7) is 2.00. The van der Waals surface area contributed by atoms with Crippen molar-refractivity contribution in [3.05, 3.63) is 40.8 Å². The van der Waals surface area contributed by atoms with Gasteiger partial charge in [-0.05, 0) is 35.4 Å². The summed E-state index contributed by atoms with van der Waals surface area (Å²) in [5.74, 6) is 0. The van der Waals surface area contributed by atoms with Gasteiger partial charge >= 0.3 is 0 Å². The average Bonchev–Trinajstić information content (AvgIpc) is 2.58. The largest absolute Gasteiger partial charge is 0.261 e. The molecule has 0 saturated carbocycles. The minimum atomic E-state index is 1.06. The van der Waals surface area contributed by atoms with Crippen LogP contribution in [0.2, 0.25) is 0 Å². The molecule has 2 heteroatoms. The minimum Gasteiger partial charge on any atom is -0.261 e. The Hall–Kier alpha value is -1.15. The summed E-state index contributed by atoms with van der Waals surface area (Å²) in [4.78, 5) is 4.24. The van der Waals surface area contributed by atoms with E-state index in [1.807, 2.05) is 19.2 Å². The zero-order chi connectivity index (χ0) is 8.39. The second-order valence-electron chi connectivity index (χ2n) is 2.70. The Balaban J connectivity index is 2.43. The molecule has 0 radical (unpaired) electrons. The third-order valence-corrected chi connectivity index (χ3v) is 2.45. The number of nitrogens with zero attached hydrogens (tertiary/aromatic N) is 1. The molecule has 0 atom stereocenters. The average molecular weight is 175 g/mol. The molecule has 0 fully saturated rings. The minimum absolute atomic E-state index is 1.06. The summed E-state index contributed by atoms with van der Waals surface area (Å²) in [6, 6.07) is 6.24. The highest BCUT2D eigenvalue weighted by Gasteiger charge is 1.96. The van der Waals surface area contributed by atoms with E-state index >= 15 is 0 Å². The number of rotatable bonds is 1. The van der Waals surface area contributed by atoms with Gasteiger partial charge in [0.15, 0.2) is 0 Å². The zero-order valence-electron chi connectivity index (χ0n) is 6.82. The van der Waals surface area contributed by atoms with Crippen LogP contribution in [-0.2, 0) is 0 Å². The summed E-state index contributed by atoms with van der Waals surface area (Å²) in [5, 5.41) is 4.21. The third kappa shape index (κ3) is 1.38. The first-order valence-electron chi connectivity index (χ1n) is 3.81. The normalized spacial score (nSPS) is 10.1. The second kappa shape index (κ2) is 3.07. The lowest BCUT2D eigenvalue weighted by Gasteiger charge is -1.96. The van der Waals surface area contributed by atoms with Crippen molar-refractivity contribution in [3.8, 4) is 11.1 Å². The predicted molar refractivity (Wildman–Crippen MR) is 52.3 cm³/mol. The molecule has 2 heterocycles. The van der Waals surface area contributed by atoms with Gasteiger partial charge in [0.25, 0.3) is 0 Å². The van der Waals surface area contributed by atoms with Crippen molar-refractivity contribution in [1.29, 1.82) is 0 Å². The van der Waals surface area contributed by atoms with Crippen molar-refractivity contribution in [2.75, 3.05) is 0 Å². The van der Waals surface area contributed by atoms with Crippen LogP contribution in [-0.4, -0.2) is 4.98 Å². The summed E-state index contributed by atoms with van der Waals surface area (Å²) in [5.41, 5.74) is 3.52. The van der Waals surface area contributed by atoms with Crippen LogP contribution in [0.5, 0.6) is 0 Å². The van der Waals surface area contributed by atoms with E-state index in [9.17, 15) is 0 Å². The van der Waals surface area contributed by atoms with Crippen LogP contribution >= 0.6 is 11.3 Å². The van der Waals surface area contributed by atoms with E-state index < -0.39 is 0 Å². The number of pyridine rings is 1. The van der Waals surface area contributed by atoms with Gasteiger partial charge in [-0.25, -0.2) is 0 Å². The van der Waals surface area contributed by atoms with Crippen molar-refractivity contribution in [2.45, 2.75) is 6.92 Å². The van der Waals surface area contributed by atoms with Crippen molar-refractivity contribution in [2.24, 2.45) is 0 Å². The highest BCUT2D eigenvalue weighted by molar-refractivity contribution is 7.08. The number of aryl methyl sites for hydroxylation is 1. The molecule has 0 aliphatic carbocycles. The molecule has 2 rings (SSSR count). The first-order valence-corrected chi connectivity index (χ1v) is 4.76. The smallest absolute Gasteiger partial charge is 0.0373 e. The van der Waals surface area contributed by atoms with E-state index in [1.165, 1.54) is 11.1 Å². The predicted octanol–water partition coefficient (Wildman–Crippen LogP) is 3.12. The van der Waals surface area contributed by atoms with Crippen LogP contribution in [0.15, 0.2) is 35.2 Å². The maximum Gasteiger partial charge on any atom is 0.0373 e. The van der Waals surface area contributed by atoms with E-state index in [2.05, 4.69) is 27.9 Å². The van der Waals surface area contributed by atoms with Gasteiger partial charge in [0, 0.05) is 17.5 Å². The molecule has 0 saturated heterocycles. The standard InChI is InChI=1S/C10H9NS/c1-8-2-3-9(6-11-8)10-4-5-12-7-10/h2-7H,1H3. The molecule has 60 valence electrons. The van der Waals surface area contributed by atoms with Gasteiger partial charge in [-0.15, -0.1) is 0 Å². The quantitative estimate of drug-likeness (QED) is 0.649. The van der Waals surface area contributed by atoms with Gasteiger partial charge in [-0.2, -0.15) is 11.3 Å². The van der Waals surface area contributed by atoms with Gasteiger partial charge in [0.1, 0.15) is 0 Å². The van der Waals surface area contributed by atoms with Crippen molar-refractivity contribution < 1.29 is 0 Å². The topological polar surface area (TPSA) is 12.9 Å². The van der Waals surface area contributed by atoms with E-state index in [4.69, 9.17) is 0 Å². The molecule has 0 unspecified atom stereocenters. The lowest BCUT2D eigenvalue weighted by molar-refractivity contribution is 1.20. The molecule has 0 aliphatic heterocycles. The first-order chi connectivity index (χ1) is 5.86. The van der Waals surface area contributed by atoms with Crippen molar-refractivity contribution >= 4 is 11.3 Å². The van der Waals surface area contributed by atoms with E-state index in [0.717, 1.165) is 5.69 Å². The van der Waals surface area contributed by atoms with Crippen LogP contribution in [0.1, 0.15) is 5.69 Å². The Kier molecular flexibility index (Phi) is 1.92. The highest BCUT2D eigenvalue weighted by atomic mass is 32.1. The molecule has 12 heavy (non-hydrogen) atoms. The Labute approximate surface area is 75.7 Å². The van der Waals surface area contributed by atoms with Crippen LogP contribution in [0.4, 0.5) is 0 Å². The fourth-order valence-electron chi connectivity index (χ4n) is 1.07. The monoisotopic (exact) mass is 175 g/mol.